The highest BCUT2D eigenvalue weighted by molar-refractivity contribution is 6.31. The van der Waals surface area contributed by atoms with Gasteiger partial charge in [0, 0.05) is 18.7 Å². The Morgan fingerprint density at radius 1 is 1.45 bits per heavy atom. The highest BCUT2D eigenvalue weighted by Crippen LogP contribution is 2.54. The Labute approximate surface area is 172 Å². The number of halogens is 2. The van der Waals surface area contributed by atoms with Gasteiger partial charge in [-0.15, -0.1) is 0 Å². The Kier molecular flexibility index (Phi) is 4.75. The van der Waals surface area contributed by atoms with Crippen LogP contribution in [0.25, 0.3) is 0 Å². The summed E-state index contributed by atoms with van der Waals surface area (Å²) in [6.45, 7) is 0. The first kappa shape index (κ1) is 19.7. The smallest absolute Gasteiger partial charge is 0.261 e. The van der Waals surface area contributed by atoms with Gasteiger partial charge in [0.1, 0.15) is 17.2 Å². The quantitative estimate of drug-likeness (QED) is 0.663. The minimum absolute atomic E-state index is 0.0225. The number of carbonyl (C=O) groups is 1. The molecule has 2 aromatic rings. The van der Waals surface area contributed by atoms with Crippen molar-refractivity contribution in [3.63, 3.8) is 0 Å². The number of anilines is 2. The molecular formula is C20H21ClFN5O2. The van der Waals surface area contributed by atoms with E-state index in [1.54, 1.807) is 7.05 Å². The average Bonchev–Trinajstić information content (AvgIpc) is 3.28. The first-order valence-corrected chi connectivity index (χ1v) is 9.81. The first-order valence-electron chi connectivity index (χ1n) is 9.43. The van der Waals surface area contributed by atoms with Gasteiger partial charge in [-0.25, -0.2) is 4.39 Å². The number of aromatic nitrogens is 2. The Morgan fingerprint density at radius 3 is 2.69 bits per heavy atom. The Morgan fingerprint density at radius 2 is 2.10 bits per heavy atom. The molecular weight excluding hydrogens is 397 g/mol. The van der Waals surface area contributed by atoms with E-state index < -0.39 is 17.3 Å². The number of nitrogens with zero attached hydrogens (tertiary/aromatic N) is 3. The number of hydrogen-bond donors (Lipinski definition) is 3. The normalized spacial score (nSPS) is 28.2. The van der Waals surface area contributed by atoms with Gasteiger partial charge in [-0.05, 0) is 55.7 Å². The van der Waals surface area contributed by atoms with Gasteiger partial charge in [-0.1, -0.05) is 11.6 Å². The number of benzene rings is 1. The standard InChI is InChI=1S/C20H21ClFN5O2/c1-27-18(24)16(19(28)25-13-2-3-15(22)14(21)6-13)17(26-27)10-4-11-7-20(29,9-23)8-12(11)5-10/h2-3,6,10-12,29H,4-5,7-8,24H2,1H3,(H,25,28). The molecule has 7 nitrogen and oxygen atoms in total. The van der Waals surface area contributed by atoms with Crippen LogP contribution in [0, 0.1) is 29.0 Å². The summed E-state index contributed by atoms with van der Waals surface area (Å²) in [5.74, 6) is -0.287. The topological polar surface area (TPSA) is 117 Å². The second-order valence-electron chi connectivity index (χ2n) is 8.09. The predicted octanol–water partition coefficient (Wildman–Crippen LogP) is 3.21. The lowest BCUT2D eigenvalue weighted by atomic mass is 9.92. The molecule has 0 aliphatic heterocycles. The summed E-state index contributed by atoms with van der Waals surface area (Å²) in [7, 11) is 1.68. The number of nitriles is 1. The van der Waals surface area contributed by atoms with Gasteiger partial charge in [-0.3, -0.25) is 9.48 Å². The molecule has 0 bridgehead atoms. The van der Waals surface area contributed by atoms with Gasteiger partial charge in [0.2, 0.25) is 0 Å². The maximum atomic E-state index is 13.4. The van der Waals surface area contributed by atoms with Gasteiger partial charge in [0.05, 0.1) is 16.8 Å². The summed E-state index contributed by atoms with van der Waals surface area (Å²) < 4.78 is 14.8. The van der Waals surface area contributed by atoms with E-state index >= 15 is 0 Å². The van der Waals surface area contributed by atoms with E-state index in [-0.39, 0.29) is 28.6 Å². The number of amides is 1. The minimum Gasteiger partial charge on any atom is -0.383 e. The molecule has 2 aliphatic rings. The van der Waals surface area contributed by atoms with Crippen molar-refractivity contribution in [1.82, 2.24) is 9.78 Å². The van der Waals surface area contributed by atoms with Crippen LogP contribution >= 0.6 is 11.6 Å². The van der Waals surface area contributed by atoms with Crippen LogP contribution in [0.3, 0.4) is 0 Å². The molecule has 1 amide bonds. The van der Waals surface area contributed by atoms with Crippen molar-refractivity contribution in [3.8, 4) is 6.07 Å². The highest BCUT2D eigenvalue weighted by atomic mass is 35.5. The molecule has 0 radical (unpaired) electrons. The average molecular weight is 418 g/mol. The number of hydrogen-bond acceptors (Lipinski definition) is 5. The number of aliphatic hydroxyl groups is 1. The van der Waals surface area contributed by atoms with Gasteiger partial charge in [0.25, 0.3) is 5.91 Å². The fraction of sp³-hybridized carbons (Fsp3) is 0.450. The van der Waals surface area contributed by atoms with Crippen LogP contribution in [0.2, 0.25) is 5.02 Å². The zero-order valence-electron chi connectivity index (χ0n) is 15.8. The van der Waals surface area contributed by atoms with E-state index in [2.05, 4.69) is 10.4 Å². The van der Waals surface area contributed by atoms with Crippen molar-refractivity contribution in [2.24, 2.45) is 18.9 Å². The number of fused-ring (bicyclic) bond motifs is 1. The molecule has 152 valence electrons. The van der Waals surface area contributed by atoms with E-state index in [1.807, 2.05) is 6.07 Å². The first-order chi connectivity index (χ1) is 13.7. The predicted molar refractivity (Wildman–Crippen MR) is 106 cm³/mol. The Bertz CT molecular complexity index is 1020. The van der Waals surface area contributed by atoms with Crippen molar-refractivity contribution >= 4 is 29.0 Å². The summed E-state index contributed by atoms with van der Waals surface area (Å²) in [6, 6.07) is 5.96. The van der Waals surface area contributed by atoms with Crippen LogP contribution in [-0.2, 0) is 7.05 Å². The van der Waals surface area contributed by atoms with Crippen LogP contribution in [0.4, 0.5) is 15.9 Å². The number of rotatable bonds is 3. The van der Waals surface area contributed by atoms with Gasteiger partial charge in [-0.2, -0.15) is 10.4 Å². The molecule has 2 aliphatic carbocycles. The molecule has 9 heteroatoms. The molecule has 4 rings (SSSR count). The van der Waals surface area contributed by atoms with Crippen molar-refractivity contribution in [3.05, 3.63) is 40.3 Å². The molecule has 2 atom stereocenters. The molecule has 1 aromatic carbocycles. The van der Waals surface area contributed by atoms with E-state index in [0.717, 1.165) is 12.8 Å². The van der Waals surface area contributed by atoms with Gasteiger partial charge in [0.15, 0.2) is 5.60 Å². The molecule has 1 aromatic heterocycles. The van der Waals surface area contributed by atoms with Crippen molar-refractivity contribution in [2.45, 2.75) is 37.2 Å². The van der Waals surface area contributed by atoms with Crippen LogP contribution in [0.1, 0.15) is 47.7 Å². The van der Waals surface area contributed by atoms with Crippen LogP contribution in [0.5, 0.6) is 0 Å². The number of nitrogens with one attached hydrogen (secondary N) is 1. The van der Waals surface area contributed by atoms with Crippen molar-refractivity contribution in [1.29, 1.82) is 5.26 Å². The lowest BCUT2D eigenvalue weighted by molar-refractivity contribution is 0.0960. The lowest BCUT2D eigenvalue weighted by Crippen LogP contribution is -2.23. The highest BCUT2D eigenvalue weighted by Gasteiger charge is 2.50. The fourth-order valence-electron chi connectivity index (χ4n) is 4.82. The molecule has 1 heterocycles. The lowest BCUT2D eigenvalue weighted by Gasteiger charge is -2.16. The molecule has 2 fully saturated rings. The molecule has 29 heavy (non-hydrogen) atoms. The van der Waals surface area contributed by atoms with Crippen LogP contribution in [-0.4, -0.2) is 26.4 Å². The third-order valence-electron chi connectivity index (χ3n) is 6.16. The third-order valence-corrected chi connectivity index (χ3v) is 6.45. The summed E-state index contributed by atoms with van der Waals surface area (Å²) in [5.41, 5.74) is 6.16. The van der Waals surface area contributed by atoms with Gasteiger partial charge < -0.3 is 16.2 Å². The van der Waals surface area contributed by atoms with E-state index in [0.29, 0.717) is 29.8 Å². The second-order valence-corrected chi connectivity index (χ2v) is 8.50. The zero-order chi connectivity index (χ0) is 20.9. The van der Waals surface area contributed by atoms with Crippen molar-refractivity contribution < 1.29 is 14.3 Å². The fourth-order valence-corrected chi connectivity index (χ4v) is 5.00. The van der Waals surface area contributed by atoms with E-state index in [9.17, 15) is 19.6 Å². The molecule has 0 spiro atoms. The third kappa shape index (κ3) is 3.45. The summed E-state index contributed by atoms with van der Waals surface area (Å²) >= 11 is 5.79. The molecule has 4 N–H and O–H groups in total. The largest absolute Gasteiger partial charge is 0.383 e. The zero-order valence-corrected chi connectivity index (χ0v) is 16.6. The van der Waals surface area contributed by atoms with Gasteiger partial charge >= 0.3 is 0 Å². The molecule has 2 unspecified atom stereocenters. The van der Waals surface area contributed by atoms with E-state index in [1.165, 1.54) is 22.9 Å². The Hall–Kier alpha value is -2.63. The molecule has 0 saturated heterocycles. The van der Waals surface area contributed by atoms with E-state index in [4.69, 9.17) is 17.3 Å². The second kappa shape index (κ2) is 7.01. The Balaban J connectivity index is 1.58. The van der Waals surface area contributed by atoms with Crippen LogP contribution in [0.15, 0.2) is 18.2 Å². The maximum Gasteiger partial charge on any atom is 0.261 e. The molecule has 2 saturated carbocycles. The number of nitrogens with two attached hydrogens (primary N) is 1. The summed E-state index contributed by atoms with van der Waals surface area (Å²) in [6.07, 6.45) is 2.38. The summed E-state index contributed by atoms with van der Waals surface area (Å²) in [5, 5.41) is 26.5. The minimum atomic E-state index is -1.24. The summed E-state index contributed by atoms with van der Waals surface area (Å²) in [4.78, 5) is 13.0. The number of nitrogen functional groups attached to an aromatic ring is 1. The van der Waals surface area contributed by atoms with Crippen molar-refractivity contribution in [2.75, 3.05) is 11.1 Å². The number of carbonyl (C=O) groups excluding carboxylic acids is 1. The van der Waals surface area contributed by atoms with Crippen LogP contribution < -0.4 is 11.1 Å². The number of aryl methyl sites for hydroxylation is 1. The monoisotopic (exact) mass is 417 g/mol. The maximum absolute atomic E-state index is 13.4. The SMILES string of the molecule is Cn1nc(C2CC3CC(O)(C#N)CC3C2)c(C(=O)Nc2ccc(F)c(Cl)c2)c1N.